The number of benzene rings is 2. The number of ether oxygens (including phenoxy) is 1. The van der Waals surface area contributed by atoms with E-state index in [9.17, 15) is 9.18 Å². The van der Waals surface area contributed by atoms with Gasteiger partial charge in [0.1, 0.15) is 11.6 Å². The SMILES string of the molecule is C[C@H](Cc1ccc2c(c1)CCO2)NC(=O)CSc1ccc(F)cc1. The summed E-state index contributed by atoms with van der Waals surface area (Å²) < 4.78 is 18.4. The first-order valence-electron chi connectivity index (χ1n) is 8.02. The zero-order valence-electron chi connectivity index (χ0n) is 13.5. The molecular formula is C19H20FNO2S. The van der Waals surface area contributed by atoms with E-state index >= 15 is 0 Å². The number of thioether (sulfide) groups is 1. The Morgan fingerprint density at radius 2 is 2.08 bits per heavy atom. The molecule has 3 rings (SSSR count). The van der Waals surface area contributed by atoms with Gasteiger partial charge in [-0.3, -0.25) is 4.79 Å². The summed E-state index contributed by atoms with van der Waals surface area (Å²) in [7, 11) is 0. The first kappa shape index (κ1) is 16.8. The van der Waals surface area contributed by atoms with Crippen LogP contribution in [0.1, 0.15) is 18.1 Å². The van der Waals surface area contributed by atoms with Gasteiger partial charge >= 0.3 is 0 Å². The zero-order valence-corrected chi connectivity index (χ0v) is 14.4. The van der Waals surface area contributed by atoms with Gasteiger partial charge in [0.2, 0.25) is 5.91 Å². The summed E-state index contributed by atoms with van der Waals surface area (Å²) >= 11 is 1.41. The van der Waals surface area contributed by atoms with Gasteiger partial charge in [0, 0.05) is 17.4 Å². The lowest BCUT2D eigenvalue weighted by Gasteiger charge is -2.14. The fraction of sp³-hybridized carbons (Fsp3) is 0.316. The van der Waals surface area contributed by atoms with Gasteiger partial charge in [-0.1, -0.05) is 12.1 Å². The highest BCUT2D eigenvalue weighted by molar-refractivity contribution is 8.00. The van der Waals surface area contributed by atoms with Crippen molar-refractivity contribution in [3.8, 4) is 5.75 Å². The van der Waals surface area contributed by atoms with Crippen LogP contribution in [0.25, 0.3) is 0 Å². The van der Waals surface area contributed by atoms with E-state index in [0.717, 1.165) is 30.1 Å². The Balaban J connectivity index is 1.46. The minimum atomic E-state index is -0.267. The minimum absolute atomic E-state index is 0.0127. The molecule has 1 heterocycles. The topological polar surface area (TPSA) is 38.3 Å². The number of halogens is 1. The largest absolute Gasteiger partial charge is 0.493 e. The van der Waals surface area contributed by atoms with Crippen LogP contribution in [-0.4, -0.2) is 24.3 Å². The quantitative estimate of drug-likeness (QED) is 0.813. The van der Waals surface area contributed by atoms with Gasteiger partial charge in [-0.25, -0.2) is 4.39 Å². The second-order valence-electron chi connectivity index (χ2n) is 5.96. The molecule has 1 atom stereocenters. The number of hydrogen-bond acceptors (Lipinski definition) is 3. The van der Waals surface area contributed by atoms with Gasteiger partial charge in [-0.2, -0.15) is 0 Å². The number of amides is 1. The number of nitrogens with one attached hydrogen (secondary N) is 1. The molecule has 0 unspecified atom stereocenters. The van der Waals surface area contributed by atoms with Crippen molar-refractivity contribution in [1.82, 2.24) is 5.32 Å². The number of carbonyl (C=O) groups is 1. The third-order valence-electron chi connectivity index (χ3n) is 3.89. The Morgan fingerprint density at radius 3 is 2.88 bits per heavy atom. The van der Waals surface area contributed by atoms with Crippen LogP contribution in [0.2, 0.25) is 0 Å². The highest BCUT2D eigenvalue weighted by Gasteiger charge is 2.14. The van der Waals surface area contributed by atoms with E-state index in [-0.39, 0.29) is 17.8 Å². The molecule has 1 aliphatic heterocycles. The predicted molar refractivity (Wildman–Crippen MR) is 94.1 cm³/mol. The first-order chi connectivity index (χ1) is 11.6. The Bertz CT molecular complexity index is 718. The van der Waals surface area contributed by atoms with Crippen LogP contribution >= 0.6 is 11.8 Å². The van der Waals surface area contributed by atoms with E-state index < -0.39 is 0 Å². The third-order valence-corrected chi connectivity index (χ3v) is 4.90. The van der Waals surface area contributed by atoms with Crippen molar-refractivity contribution in [2.45, 2.75) is 30.7 Å². The second kappa shape index (κ2) is 7.71. The van der Waals surface area contributed by atoms with Crippen LogP contribution in [0.15, 0.2) is 47.4 Å². The molecule has 1 N–H and O–H groups in total. The number of carbonyl (C=O) groups excluding carboxylic acids is 1. The fourth-order valence-electron chi connectivity index (χ4n) is 2.77. The molecule has 5 heteroatoms. The first-order valence-corrected chi connectivity index (χ1v) is 9.01. The van der Waals surface area contributed by atoms with Crippen molar-refractivity contribution in [3.63, 3.8) is 0 Å². The fourth-order valence-corrected chi connectivity index (χ4v) is 3.48. The molecule has 0 spiro atoms. The minimum Gasteiger partial charge on any atom is -0.493 e. The van der Waals surface area contributed by atoms with Crippen LogP contribution in [0.3, 0.4) is 0 Å². The molecule has 0 bridgehead atoms. The molecule has 0 saturated heterocycles. The number of hydrogen-bond donors (Lipinski definition) is 1. The maximum absolute atomic E-state index is 12.9. The zero-order chi connectivity index (χ0) is 16.9. The van der Waals surface area contributed by atoms with E-state index in [2.05, 4.69) is 17.4 Å². The second-order valence-corrected chi connectivity index (χ2v) is 7.00. The van der Waals surface area contributed by atoms with Crippen LogP contribution in [0.4, 0.5) is 4.39 Å². The van der Waals surface area contributed by atoms with E-state index in [1.165, 1.54) is 35.0 Å². The molecule has 0 aromatic heterocycles. The van der Waals surface area contributed by atoms with Crippen molar-refractivity contribution in [3.05, 3.63) is 59.4 Å². The summed E-state index contributed by atoms with van der Waals surface area (Å²) in [6, 6.07) is 12.5. The Morgan fingerprint density at radius 1 is 1.29 bits per heavy atom. The molecule has 0 aliphatic carbocycles. The lowest BCUT2D eigenvalue weighted by Crippen LogP contribution is -2.35. The molecule has 0 fully saturated rings. The molecular weight excluding hydrogens is 325 g/mol. The maximum Gasteiger partial charge on any atom is 0.230 e. The molecule has 0 saturated carbocycles. The van der Waals surface area contributed by atoms with Crippen molar-refractivity contribution in [2.75, 3.05) is 12.4 Å². The molecule has 1 amide bonds. The molecule has 24 heavy (non-hydrogen) atoms. The normalized spacial score (nSPS) is 13.9. The number of fused-ring (bicyclic) bond motifs is 1. The van der Waals surface area contributed by atoms with Crippen molar-refractivity contribution < 1.29 is 13.9 Å². The van der Waals surface area contributed by atoms with Gasteiger partial charge in [0.05, 0.1) is 12.4 Å². The van der Waals surface area contributed by atoms with Crippen LogP contribution < -0.4 is 10.1 Å². The van der Waals surface area contributed by atoms with Crippen molar-refractivity contribution in [2.24, 2.45) is 0 Å². The average molecular weight is 345 g/mol. The summed E-state index contributed by atoms with van der Waals surface area (Å²) in [4.78, 5) is 12.9. The molecule has 3 nitrogen and oxygen atoms in total. The van der Waals surface area contributed by atoms with Gasteiger partial charge < -0.3 is 10.1 Å². The van der Waals surface area contributed by atoms with Crippen LogP contribution in [-0.2, 0) is 17.6 Å². The van der Waals surface area contributed by atoms with Crippen molar-refractivity contribution in [1.29, 1.82) is 0 Å². The third kappa shape index (κ3) is 4.51. The Labute approximate surface area is 145 Å². The molecule has 2 aromatic rings. The standard InChI is InChI=1S/C19H20FNO2S/c1-13(10-14-2-7-18-15(11-14)8-9-23-18)21-19(22)12-24-17-5-3-16(20)4-6-17/h2-7,11,13H,8-10,12H2,1H3,(H,21,22)/t13-/m1/s1. The lowest BCUT2D eigenvalue weighted by molar-refractivity contribution is -0.119. The highest BCUT2D eigenvalue weighted by atomic mass is 32.2. The molecule has 2 aromatic carbocycles. The Hall–Kier alpha value is -2.01. The van der Waals surface area contributed by atoms with E-state index in [4.69, 9.17) is 4.74 Å². The predicted octanol–water partition coefficient (Wildman–Crippen LogP) is 3.60. The Kier molecular flexibility index (Phi) is 5.41. The monoisotopic (exact) mass is 345 g/mol. The molecule has 126 valence electrons. The van der Waals surface area contributed by atoms with Gasteiger partial charge in [-0.15, -0.1) is 11.8 Å². The average Bonchev–Trinajstić information content (AvgIpc) is 3.02. The van der Waals surface area contributed by atoms with Crippen LogP contribution in [0, 0.1) is 5.82 Å². The summed E-state index contributed by atoms with van der Waals surface area (Å²) in [5, 5.41) is 3.01. The van der Waals surface area contributed by atoms with Gasteiger partial charge in [0.25, 0.3) is 0 Å². The summed E-state index contributed by atoms with van der Waals surface area (Å²) in [5.74, 6) is 1.03. The smallest absolute Gasteiger partial charge is 0.230 e. The summed E-state index contributed by atoms with van der Waals surface area (Å²) in [6.07, 6.45) is 1.75. The van der Waals surface area contributed by atoms with E-state index in [0.29, 0.717) is 5.75 Å². The lowest BCUT2D eigenvalue weighted by atomic mass is 10.0. The van der Waals surface area contributed by atoms with E-state index in [1.54, 1.807) is 12.1 Å². The number of rotatable bonds is 6. The summed E-state index contributed by atoms with van der Waals surface area (Å²) in [5.41, 5.74) is 2.45. The summed E-state index contributed by atoms with van der Waals surface area (Å²) in [6.45, 7) is 2.76. The molecule has 1 aliphatic rings. The van der Waals surface area contributed by atoms with Crippen molar-refractivity contribution >= 4 is 17.7 Å². The highest BCUT2D eigenvalue weighted by Crippen LogP contribution is 2.26. The molecule has 0 radical (unpaired) electrons. The van der Waals surface area contributed by atoms with E-state index in [1.807, 2.05) is 13.0 Å². The van der Waals surface area contributed by atoms with Crippen LogP contribution in [0.5, 0.6) is 5.75 Å². The maximum atomic E-state index is 12.9. The van der Waals surface area contributed by atoms with Gasteiger partial charge in [-0.05, 0) is 54.8 Å². The van der Waals surface area contributed by atoms with Gasteiger partial charge in [0.15, 0.2) is 0 Å².